The highest BCUT2D eigenvalue weighted by atomic mass is 19.4. The van der Waals surface area contributed by atoms with Crippen molar-refractivity contribution in [2.24, 2.45) is 0 Å². The van der Waals surface area contributed by atoms with E-state index in [0.29, 0.717) is 6.54 Å². The number of aliphatic hydroxyl groups excluding tert-OH is 1. The van der Waals surface area contributed by atoms with Gasteiger partial charge in [0.15, 0.2) is 0 Å². The normalized spacial score (nSPS) is 20.1. The lowest BCUT2D eigenvalue weighted by Crippen LogP contribution is -2.49. The van der Waals surface area contributed by atoms with E-state index in [1.54, 1.807) is 0 Å². The van der Waals surface area contributed by atoms with Gasteiger partial charge in [0.05, 0.1) is 18.2 Å². The summed E-state index contributed by atoms with van der Waals surface area (Å²) in [4.78, 5) is 31.5. The Hall–Kier alpha value is -2.99. The van der Waals surface area contributed by atoms with Gasteiger partial charge in [-0.2, -0.15) is 13.2 Å². The number of aliphatic hydroxyl groups is 1. The lowest BCUT2D eigenvalue weighted by Gasteiger charge is -2.36. The van der Waals surface area contributed by atoms with Crippen LogP contribution in [-0.2, 0) is 11.0 Å². The standard InChI is InChI=1S/C28H36F3N5O3/c29-28(30,31)23-8-4-7-22(17-23)27(39)32-18-26(38)33-24-9-10-35(19-24)14-11-34-12-15-36(16-13-34)20-25(37)21-5-2-1-3-6-21/h1-8,17,24-25,37H,9-16,18-20H2,(H,32,39)(H,33,38)/t24-,25?/m1/s1. The summed E-state index contributed by atoms with van der Waals surface area (Å²) >= 11 is 0. The number of alkyl halides is 3. The van der Waals surface area contributed by atoms with Crippen LogP contribution in [0, 0.1) is 0 Å². The topological polar surface area (TPSA) is 88.2 Å². The zero-order valence-corrected chi connectivity index (χ0v) is 21.9. The molecule has 4 rings (SSSR count). The molecule has 11 heteroatoms. The average molecular weight is 548 g/mol. The van der Waals surface area contributed by atoms with Gasteiger partial charge in [-0.15, -0.1) is 0 Å². The van der Waals surface area contributed by atoms with Crippen LogP contribution in [0.2, 0.25) is 0 Å². The fourth-order valence-corrected chi connectivity index (χ4v) is 5.04. The SMILES string of the molecule is O=C(CNC(=O)c1cccc(C(F)(F)F)c1)N[C@@H]1CCN(CCN2CCN(CC(O)c3ccccc3)CC2)C1. The van der Waals surface area contributed by atoms with Gasteiger partial charge in [0.1, 0.15) is 0 Å². The fourth-order valence-electron chi connectivity index (χ4n) is 5.04. The second kappa shape index (κ2) is 13.4. The molecule has 2 fully saturated rings. The molecule has 2 amide bonds. The van der Waals surface area contributed by atoms with Crippen molar-refractivity contribution in [1.82, 2.24) is 25.3 Å². The maximum atomic E-state index is 12.9. The van der Waals surface area contributed by atoms with Crippen LogP contribution in [0.25, 0.3) is 0 Å². The fraction of sp³-hybridized carbons (Fsp3) is 0.500. The van der Waals surface area contributed by atoms with Gasteiger partial charge in [-0.05, 0) is 30.2 Å². The number of carbonyl (C=O) groups is 2. The van der Waals surface area contributed by atoms with Crippen molar-refractivity contribution in [3.05, 3.63) is 71.3 Å². The number of halogens is 3. The maximum Gasteiger partial charge on any atom is 0.416 e. The molecule has 3 N–H and O–H groups in total. The molecule has 0 aliphatic carbocycles. The molecule has 212 valence electrons. The van der Waals surface area contributed by atoms with E-state index in [-0.39, 0.29) is 24.1 Å². The number of rotatable bonds is 10. The van der Waals surface area contributed by atoms with Crippen LogP contribution in [0.4, 0.5) is 13.2 Å². The number of hydrogen-bond acceptors (Lipinski definition) is 6. The number of benzene rings is 2. The largest absolute Gasteiger partial charge is 0.416 e. The summed E-state index contributed by atoms with van der Waals surface area (Å²) in [5, 5.41) is 15.8. The predicted octanol–water partition coefficient (Wildman–Crippen LogP) is 1.98. The minimum Gasteiger partial charge on any atom is -0.387 e. The van der Waals surface area contributed by atoms with Crippen molar-refractivity contribution in [2.45, 2.75) is 24.7 Å². The molecule has 2 saturated heterocycles. The number of nitrogens with one attached hydrogen (secondary N) is 2. The van der Waals surface area contributed by atoms with Gasteiger partial charge < -0.3 is 15.7 Å². The zero-order chi connectivity index (χ0) is 27.8. The van der Waals surface area contributed by atoms with Crippen molar-refractivity contribution in [3.63, 3.8) is 0 Å². The van der Waals surface area contributed by atoms with E-state index in [1.807, 2.05) is 30.3 Å². The molecule has 1 unspecified atom stereocenters. The van der Waals surface area contributed by atoms with Gasteiger partial charge in [0, 0.05) is 70.5 Å². The van der Waals surface area contributed by atoms with Crippen LogP contribution in [0.1, 0.15) is 34.0 Å². The Balaban J connectivity index is 1.10. The van der Waals surface area contributed by atoms with E-state index in [9.17, 15) is 27.9 Å². The number of likely N-dealkylation sites (tertiary alicyclic amines) is 1. The van der Waals surface area contributed by atoms with Gasteiger partial charge in [-0.25, -0.2) is 0 Å². The Morgan fingerprint density at radius 1 is 0.923 bits per heavy atom. The quantitative estimate of drug-likeness (QED) is 0.422. The van der Waals surface area contributed by atoms with E-state index in [4.69, 9.17) is 0 Å². The molecule has 8 nitrogen and oxygen atoms in total. The summed E-state index contributed by atoms with van der Waals surface area (Å²) in [5.74, 6) is -1.09. The number of β-amino-alcohol motifs (C(OH)–C–C–N with tert-alkyl or cyclic N) is 1. The van der Waals surface area contributed by atoms with E-state index < -0.39 is 23.8 Å². The molecule has 2 aliphatic heterocycles. The highest BCUT2D eigenvalue weighted by Gasteiger charge is 2.31. The first-order valence-electron chi connectivity index (χ1n) is 13.3. The molecule has 0 spiro atoms. The minimum absolute atomic E-state index is 0.0284. The highest BCUT2D eigenvalue weighted by Crippen LogP contribution is 2.29. The number of carbonyl (C=O) groups excluding carboxylic acids is 2. The van der Waals surface area contributed by atoms with Crippen LogP contribution in [0.15, 0.2) is 54.6 Å². The lowest BCUT2D eigenvalue weighted by molar-refractivity contribution is -0.137. The molecular weight excluding hydrogens is 511 g/mol. The second-order valence-electron chi connectivity index (χ2n) is 10.2. The Morgan fingerprint density at radius 3 is 2.33 bits per heavy atom. The summed E-state index contributed by atoms with van der Waals surface area (Å²) in [6, 6.07) is 13.8. The van der Waals surface area contributed by atoms with Gasteiger partial charge in [0.25, 0.3) is 5.91 Å². The molecule has 2 aromatic carbocycles. The van der Waals surface area contributed by atoms with Crippen LogP contribution < -0.4 is 10.6 Å². The van der Waals surface area contributed by atoms with E-state index in [0.717, 1.165) is 76.5 Å². The first-order chi connectivity index (χ1) is 18.7. The number of amides is 2. The Morgan fingerprint density at radius 2 is 1.62 bits per heavy atom. The maximum absolute atomic E-state index is 12.9. The first-order valence-corrected chi connectivity index (χ1v) is 13.3. The van der Waals surface area contributed by atoms with Crippen molar-refractivity contribution in [3.8, 4) is 0 Å². The first kappa shape index (κ1) is 29.0. The summed E-state index contributed by atoms with van der Waals surface area (Å²) in [6.45, 7) is 7.46. The van der Waals surface area contributed by atoms with Crippen molar-refractivity contribution in [1.29, 1.82) is 0 Å². The molecule has 0 radical (unpaired) electrons. The number of nitrogens with zero attached hydrogens (tertiary/aromatic N) is 3. The third kappa shape index (κ3) is 8.76. The van der Waals surface area contributed by atoms with E-state index >= 15 is 0 Å². The molecule has 2 aliphatic rings. The molecule has 0 aromatic heterocycles. The molecule has 2 atom stereocenters. The monoisotopic (exact) mass is 547 g/mol. The molecule has 0 bridgehead atoms. The van der Waals surface area contributed by atoms with Crippen LogP contribution >= 0.6 is 0 Å². The van der Waals surface area contributed by atoms with E-state index in [1.165, 1.54) is 12.1 Å². The zero-order valence-electron chi connectivity index (χ0n) is 21.9. The summed E-state index contributed by atoms with van der Waals surface area (Å²) in [6.07, 6.45) is -4.22. The molecule has 39 heavy (non-hydrogen) atoms. The Bertz CT molecular complexity index is 1090. The second-order valence-corrected chi connectivity index (χ2v) is 10.2. The molecule has 2 heterocycles. The number of hydrogen-bond donors (Lipinski definition) is 3. The molecule has 2 aromatic rings. The summed E-state index contributed by atoms with van der Waals surface area (Å²) in [5.41, 5.74) is -0.110. The van der Waals surface area contributed by atoms with Crippen molar-refractivity contribution in [2.75, 3.05) is 65.4 Å². The van der Waals surface area contributed by atoms with Crippen molar-refractivity contribution >= 4 is 11.8 Å². The highest BCUT2D eigenvalue weighted by molar-refractivity contribution is 5.96. The lowest BCUT2D eigenvalue weighted by atomic mass is 10.1. The smallest absolute Gasteiger partial charge is 0.387 e. The van der Waals surface area contributed by atoms with Crippen molar-refractivity contribution < 1.29 is 27.9 Å². The number of piperazine rings is 1. The van der Waals surface area contributed by atoms with Gasteiger partial charge in [-0.1, -0.05) is 36.4 Å². The van der Waals surface area contributed by atoms with Crippen LogP contribution in [0.5, 0.6) is 0 Å². The van der Waals surface area contributed by atoms with Crippen LogP contribution in [0.3, 0.4) is 0 Å². The van der Waals surface area contributed by atoms with Gasteiger partial charge in [-0.3, -0.25) is 24.3 Å². The third-order valence-electron chi connectivity index (χ3n) is 7.31. The summed E-state index contributed by atoms with van der Waals surface area (Å²) < 4.78 is 38.6. The van der Waals surface area contributed by atoms with Gasteiger partial charge in [0.2, 0.25) is 5.91 Å². The summed E-state index contributed by atoms with van der Waals surface area (Å²) in [7, 11) is 0. The Labute approximate surface area is 226 Å². The van der Waals surface area contributed by atoms with Gasteiger partial charge >= 0.3 is 6.18 Å². The molecule has 0 saturated carbocycles. The minimum atomic E-state index is -4.54. The third-order valence-corrected chi connectivity index (χ3v) is 7.31. The molecular formula is C28H36F3N5O3. The average Bonchev–Trinajstić information content (AvgIpc) is 3.38. The Kier molecular flexibility index (Phi) is 9.95. The predicted molar refractivity (Wildman–Crippen MR) is 141 cm³/mol. The van der Waals surface area contributed by atoms with Crippen LogP contribution in [-0.4, -0.2) is 103 Å². The van der Waals surface area contributed by atoms with E-state index in [2.05, 4.69) is 25.3 Å².